The van der Waals surface area contributed by atoms with E-state index >= 15 is 0 Å². The molecule has 0 unspecified atom stereocenters. The number of hydrogen-bond acceptors (Lipinski definition) is 0. The summed E-state index contributed by atoms with van der Waals surface area (Å²) in [6.07, 6.45) is 13.0. The van der Waals surface area contributed by atoms with E-state index in [2.05, 4.69) is 39.2 Å². The molecular formula is C14H26. The average molecular weight is 194 g/mol. The minimum Gasteiger partial charge on any atom is -0.103 e. The maximum absolute atomic E-state index is 3.87. The highest BCUT2D eigenvalue weighted by molar-refractivity contribution is 4.90. The number of allylic oxidation sites excluding steroid dienone is 2. The summed E-state index contributed by atoms with van der Waals surface area (Å²) in [5, 5.41) is 0. The van der Waals surface area contributed by atoms with Gasteiger partial charge in [-0.05, 0) is 31.1 Å². The fourth-order valence-corrected chi connectivity index (χ4v) is 2.12. The lowest BCUT2D eigenvalue weighted by Crippen LogP contribution is -2.18. The largest absolute Gasteiger partial charge is 0.103 e. The molecule has 0 heteroatoms. The van der Waals surface area contributed by atoms with Crippen molar-refractivity contribution in [2.24, 2.45) is 5.41 Å². The van der Waals surface area contributed by atoms with E-state index in [1.165, 1.54) is 32.1 Å². The molecule has 0 heterocycles. The van der Waals surface area contributed by atoms with E-state index < -0.39 is 0 Å². The summed E-state index contributed by atoms with van der Waals surface area (Å²) in [6.45, 7) is 12.3. The molecule has 0 spiro atoms. The van der Waals surface area contributed by atoms with E-state index in [1.54, 1.807) is 0 Å². The molecule has 0 N–H and O–H groups in total. The lowest BCUT2D eigenvalue weighted by atomic mass is 9.74. The van der Waals surface area contributed by atoms with Crippen molar-refractivity contribution in [1.82, 2.24) is 0 Å². The Balaban J connectivity index is 4.16. The summed E-state index contributed by atoms with van der Waals surface area (Å²) in [5.74, 6) is 0. The molecule has 0 amide bonds. The smallest absolute Gasteiger partial charge is 0.0231 e. The normalized spacial score (nSPS) is 11.3. The van der Waals surface area contributed by atoms with Crippen LogP contribution in [-0.4, -0.2) is 0 Å². The van der Waals surface area contributed by atoms with Gasteiger partial charge in [-0.25, -0.2) is 0 Å². The Morgan fingerprint density at radius 2 is 1.57 bits per heavy atom. The number of rotatable bonds is 9. The van der Waals surface area contributed by atoms with Crippen molar-refractivity contribution in [3.8, 4) is 0 Å². The molecule has 0 aromatic heterocycles. The van der Waals surface area contributed by atoms with E-state index in [0.29, 0.717) is 5.41 Å². The molecule has 0 aromatic rings. The fraction of sp³-hybridized carbons (Fsp3) is 0.714. The molecule has 0 atom stereocenters. The average Bonchev–Trinajstić information content (AvgIpc) is 2.19. The fourth-order valence-electron chi connectivity index (χ4n) is 2.12. The minimum atomic E-state index is 0.457. The van der Waals surface area contributed by atoms with Crippen LogP contribution in [0.25, 0.3) is 0 Å². The second-order valence-corrected chi connectivity index (χ2v) is 4.30. The molecule has 82 valence electrons. The third kappa shape index (κ3) is 4.64. The van der Waals surface area contributed by atoms with Crippen LogP contribution in [0.4, 0.5) is 0 Å². The van der Waals surface area contributed by atoms with Gasteiger partial charge in [-0.2, -0.15) is 0 Å². The van der Waals surface area contributed by atoms with Crippen molar-refractivity contribution in [2.75, 3.05) is 0 Å². The van der Waals surface area contributed by atoms with Crippen LogP contribution in [0.1, 0.15) is 58.8 Å². The first-order valence-electron chi connectivity index (χ1n) is 5.96. The highest BCUT2D eigenvalue weighted by Crippen LogP contribution is 2.37. The maximum Gasteiger partial charge on any atom is -0.0231 e. The first kappa shape index (κ1) is 13.5. The van der Waals surface area contributed by atoms with Gasteiger partial charge in [-0.15, -0.1) is 13.2 Å². The molecule has 0 rings (SSSR count). The predicted octanol–water partition coefficient (Wildman–Crippen LogP) is 5.12. The van der Waals surface area contributed by atoms with E-state index in [-0.39, 0.29) is 0 Å². The van der Waals surface area contributed by atoms with Crippen LogP contribution in [0.3, 0.4) is 0 Å². The Morgan fingerprint density at radius 3 is 1.93 bits per heavy atom. The standard InChI is InChI=1S/C14H26/c1-5-9-10-13-14(8-4,11-6-2)12-7-3/h6-7H,2-3,5,8-13H2,1,4H3. The zero-order chi connectivity index (χ0) is 10.9. The van der Waals surface area contributed by atoms with E-state index in [1.807, 2.05) is 0 Å². The van der Waals surface area contributed by atoms with Crippen molar-refractivity contribution in [3.63, 3.8) is 0 Å². The van der Waals surface area contributed by atoms with Crippen LogP contribution < -0.4 is 0 Å². The molecule has 0 aliphatic rings. The van der Waals surface area contributed by atoms with Crippen LogP contribution in [0.2, 0.25) is 0 Å². The quantitative estimate of drug-likeness (QED) is 0.353. The van der Waals surface area contributed by atoms with Crippen LogP contribution in [0, 0.1) is 5.41 Å². The van der Waals surface area contributed by atoms with E-state index in [9.17, 15) is 0 Å². The summed E-state index contributed by atoms with van der Waals surface area (Å²) in [6, 6.07) is 0. The first-order valence-corrected chi connectivity index (χ1v) is 5.96. The van der Waals surface area contributed by atoms with Gasteiger partial charge < -0.3 is 0 Å². The Kier molecular flexibility index (Phi) is 7.55. The van der Waals surface area contributed by atoms with Gasteiger partial charge in [0.05, 0.1) is 0 Å². The SMILES string of the molecule is C=CCC(CC)(CC=C)CCCCC. The van der Waals surface area contributed by atoms with Crippen LogP contribution in [-0.2, 0) is 0 Å². The zero-order valence-corrected chi connectivity index (χ0v) is 10.0. The second-order valence-electron chi connectivity index (χ2n) is 4.30. The van der Waals surface area contributed by atoms with Crippen molar-refractivity contribution >= 4 is 0 Å². The highest BCUT2D eigenvalue weighted by Gasteiger charge is 2.24. The van der Waals surface area contributed by atoms with Crippen molar-refractivity contribution in [1.29, 1.82) is 0 Å². The first-order chi connectivity index (χ1) is 6.74. The summed E-state index contributed by atoms with van der Waals surface area (Å²) >= 11 is 0. The lowest BCUT2D eigenvalue weighted by molar-refractivity contribution is 0.247. The topological polar surface area (TPSA) is 0 Å². The monoisotopic (exact) mass is 194 g/mol. The van der Waals surface area contributed by atoms with Crippen molar-refractivity contribution in [3.05, 3.63) is 25.3 Å². The van der Waals surface area contributed by atoms with E-state index in [0.717, 1.165) is 12.8 Å². The molecule has 0 saturated heterocycles. The Labute approximate surface area is 90.1 Å². The van der Waals surface area contributed by atoms with Gasteiger partial charge >= 0.3 is 0 Å². The van der Waals surface area contributed by atoms with Gasteiger partial charge in [-0.1, -0.05) is 45.3 Å². The third-order valence-electron chi connectivity index (χ3n) is 3.22. The number of unbranched alkanes of at least 4 members (excludes halogenated alkanes) is 2. The summed E-state index contributed by atoms with van der Waals surface area (Å²) < 4.78 is 0. The van der Waals surface area contributed by atoms with Gasteiger partial charge in [0.15, 0.2) is 0 Å². The molecular weight excluding hydrogens is 168 g/mol. The van der Waals surface area contributed by atoms with Gasteiger partial charge in [-0.3, -0.25) is 0 Å². The molecule has 14 heavy (non-hydrogen) atoms. The van der Waals surface area contributed by atoms with Gasteiger partial charge in [0.2, 0.25) is 0 Å². The molecule has 0 bridgehead atoms. The second kappa shape index (κ2) is 7.84. The summed E-state index contributed by atoms with van der Waals surface area (Å²) in [5.41, 5.74) is 0.457. The van der Waals surface area contributed by atoms with Crippen molar-refractivity contribution in [2.45, 2.75) is 58.8 Å². The van der Waals surface area contributed by atoms with Crippen molar-refractivity contribution < 1.29 is 0 Å². The minimum absolute atomic E-state index is 0.457. The van der Waals surface area contributed by atoms with Gasteiger partial charge in [0, 0.05) is 0 Å². The van der Waals surface area contributed by atoms with Gasteiger partial charge in [0.25, 0.3) is 0 Å². The molecule has 0 fully saturated rings. The maximum atomic E-state index is 3.87. The Hall–Kier alpha value is -0.520. The Morgan fingerprint density at radius 1 is 1.00 bits per heavy atom. The van der Waals surface area contributed by atoms with E-state index in [4.69, 9.17) is 0 Å². The summed E-state index contributed by atoms with van der Waals surface area (Å²) in [4.78, 5) is 0. The molecule has 0 aromatic carbocycles. The van der Waals surface area contributed by atoms with Crippen LogP contribution in [0.15, 0.2) is 25.3 Å². The Bertz CT molecular complexity index is 145. The molecule has 0 aliphatic carbocycles. The highest BCUT2D eigenvalue weighted by atomic mass is 14.3. The molecule has 0 radical (unpaired) electrons. The lowest BCUT2D eigenvalue weighted by Gasteiger charge is -2.30. The summed E-state index contributed by atoms with van der Waals surface area (Å²) in [7, 11) is 0. The third-order valence-corrected chi connectivity index (χ3v) is 3.22. The van der Waals surface area contributed by atoms with Gasteiger partial charge in [0.1, 0.15) is 0 Å². The van der Waals surface area contributed by atoms with Crippen LogP contribution in [0.5, 0.6) is 0 Å². The number of hydrogen-bond donors (Lipinski definition) is 0. The zero-order valence-electron chi connectivity index (χ0n) is 10.0. The van der Waals surface area contributed by atoms with Crippen LogP contribution >= 0.6 is 0 Å². The molecule has 0 nitrogen and oxygen atoms in total. The molecule has 0 saturated carbocycles. The molecule has 0 aliphatic heterocycles. The predicted molar refractivity (Wildman–Crippen MR) is 66.5 cm³/mol.